The molecule has 1 amide bonds. The number of thiophene rings is 1. The number of nitrogen functional groups attached to an aromatic ring is 1. The van der Waals surface area contributed by atoms with E-state index < -0.39 is 5.91 Å². The molecular weight excluding hydrogens is 412 g/mol. The van der Waals surface area contributed by atoms with Gasteiger partial charge < -0.3 is 5.73 Å². The van der Waals surface area contributed by atoms with Crippen LogP contribution in [0.1, 0.15) is 16.1 Å². The first-order chi connectivity index (χ1) is 14.2. The van der Waals surface area contributed by atoms with Gasteiger partial charge in [-0.05, 0) is 45.7 Å². The van der Waals surface area contributed by atoms with Crippen molar-refractivity contribution in [3.05, 3.63) is 53.0 Å². The Kier molecular flexibility index (Phi) is 5.35. The van der Waals surface area contributed by atoms with Gasteiger partial charge in [-0.1, -0.05) is 23.4 Å². The zero-order valence-corrected chi connectivity index (χ0v) is 16.6. The van der Waals surface area contributed by atoms with Crippen LogP contribution in [-0.4, -0.2) is 43.7 Å². The molecule has 29 heavy (non-hydrogen) atoms. The van der Waals surface area contributed by atoms with Crippen molar-refractivity contribution in [3.63, 3.8) is 0 Å². The van der Waals surface area contributed by atoms with Gasteiger partial charge in [0.1, 0.15) is 5.69 Å². The van der Waals surface area contributed by atoms with Gasteiger partial charge in [-0.2, -0.15) is 9.78 Å². The average molecular weight is 426 g/mol. The Labute approximate surface area is 172 Å². The van der Waals surface area contributed by atoms with Gasteiger partial charge in [0.2, 0.25) is 11.6 Å². The van der Waals surface area contributed by atoms with Gasteiger partial charge in [0.25, 0.3) is 5.91 Å². The second-order valence-electron chi connectivity index (χ2n) is 5.62. The molecule has 0 aliphatic heterocycles. The van der Waals surface area contributed by atoms with E-state index in [-0.39, 0.29) is 17.3 Å². The molecule has 0 saturated carbocycles. The second-order valence-corrected chi connectivity index (χ2v) is 7.45. The highest BCUT2D eigenvalue weighted by Crippen LogP contribution is 2.29. The Morgan fingerprint density at radius 3 is 2.79 bits per heavy atom. The summed E-state index contributed by atoms with van der Waals surface area (Å²) in [4.78, 5) is 14.6. The Hall–Kier alpha value is -3.51. The fourth-order valence-electron chi connectivity index (χ4n) is 2.46. The van der Waals surface area contributed by atoms with Crippen molar-refractivity contribution in [1.29, 1.82) is 0 Å². The molecule has 146 valence electrons. The molecule has 3 N–H and O–H groups in total. The first-order valence-electron chi connectivity index (χ1n) is 8.23. The van der Waals surface area contributed by atoms with Gasteiger partial charge >= 0.3 is 0 Å². The summed E-state index contributed by atoms with van der Waals surface area (Å²) in [5.41, 5.74) is 9.59. The predicted octanol–water partition coefficient (Wildman–Crippen LogP) is 2.45. The highest BCUT2D eigenvalue weighted by molar-refractivity contribution is 7.98. The minimum atomic E-state index is -0.522. The number of aromatic nitrogens is 5. The van der Waals surface area contributed by atoms with Crippen molar-refractivity contribution >= 4 is 41.0 Å². The molecule has 10 nitrogen and oxygen atoms in total. The van der Waals surface area contributed by atoms with Crippen molar-refractivity contribution in [2.45, 2.75) is 4.90 Å². The van der Waals surface area contributed by atoms with Gasteiger partial charge in [-0.15, -0.1) is 28.2 Å². The maximum Gasteiger partial charge on any atom is 0.294 e. The summed E-state index contributed by atoms with van der Waals surface area (Å²) in [5.74, 6) is -0.338. The minimum absolute atomic E-state index is 0.0337. The summed E-state index contributed by atoms with van der Waals surface area (Å²) in [6, 6.07) is 11.5. The molecule has 12 heteroatoms. The summed E-state index contributed by atoms with van der Waals surface area (Å²) in [5, 5.41) is 21.1. The monoisotopic (exact) mass is 426 g/mol. The number of nitrogens with zero attached hydrogens (tertiary/aromatic N) is 6. The first-order valence-corrected chi connectivity index (χ1v) is 10.3. The number of nitrogens with two attached hydrogens (primary N) is 1. The molecule has 0 atom stereocenters. The van der Waals surface area contributed by atoms with Crippen molar-refractivity contribution in [2.75, 3.05) is 12.0 Å². The van der Waals surface area contributed by atoms with Crippen LogP contribution in [0.5, 0.6) is 0 Å². The third-order valence-corrected chi connectivity index (χ3v) is 5.45. The predicted molar refractivity (Wildman–Crippen MR) is 110 cm³/mol. The van der Waals surface area contributed by atoms with Crippen LogP contribution in [0.15, 0.2) is 56.4 Å². The van der Waals surface area contributed by atoms with Crippen LogP contribution >= 0.6 is 23.1 Å². The molecule has 0 spiro atoms. The molecule has 0 aliphatic carbocycles. The van der Waals surface area contributed by atoms with E-state index in [0.29, 0.717) is 5.69 Å². The van der Waals surface area contributed by atoms with Crippen LogP contribution in [0.4, 0.5) is 5.82 Å². The summed E-state index contributed by atoms with van der Waals surface area (Å²) < 4.78 is 5.95. The Morgan fingerprint density at radius 1 is 1.31 bits per heavy atom. The number of benzene rings is 1. The van der Waals surface area contributed by atoms with Gasteiger partial charge in [-0.25, -0.2) is 10.1 Å². The molecule has 3 aromatic heterocycles. The first kappa shape index (κ1) is 18.8. The maximum atomic E-state index is 12.7. The molecular formula is C17H14N8O2S2. The highest BCUT2D eigenvalue weighted by atomic mass is 32.2. The normalized spacial score (nSPS) is 11.2. The molecule has 0 fully saturated rings. The third-order valence-electron chi connectivity index (χ3n) is 3.83. The fraction of sp³-hybridized carbons (Fsp3) is 0.0588. The van der Waals surface area contributed by atoms with Crippen molar-refractivity contribution in [2.24, 2.45) is 5.10 Å². The van der Waals surface area contributed by atoms with Crippen LogP contribution < -0.4 is 11.2 Å². The fourth-order valence-corrected chi connectivity index (χ4v) is 3.63. The molecule has 3 heterocycles. The number of rotatable bonds is 6. The summed E-state index contributed by atoms with van der Waals surface area (Å²) in [7, 11) is 0. The third kappa shape index (κ3) is 3.88. The summed E-state index contributed by atoms with van der Waals surface area (Å²) in [6.07, 6.45) is 3.56. The molecule has 1 aromatic carbocycles. The van der Waals surface area contributed by atoms with E-state index in [1.807, 2.05) is 48.0 Å². The van der Waals surface area contributed by atoms with Crippen LogP contribution in [0.2, 0.25) is 0 Å². The van der Waals surface area contributed by atoms with Gasteiger partial charge in [0.15, 0.2) is 5.69 Å². The number of hydrogen-bond acceptors (Lipinski definition) is 10. The number of amides is 1. The van der Waals surface area contributed by atoms with E-state index >= 15 is 0 Å². The average Bonchev–Trinajstić information content (AvgIpc) is 3.48. The number of hydrazone groups is 1. The second kappa shape index (κ2) is 8.24. The molecule has 0 aliphatic rings. The lowest BCUT2D eigenvalue weighted by molar-refractivity contribution is 0.0951. The number of carbonyl (C=O) groups is 1. The summed E-state index contributed by atoms with van der Waals surface area (Å²) in [6.45, 7) is 0. The van der Waals surface area contributed by atoms with E-state index in [1.165, 1.54) is 16.0 Å². The molecule has 4 rings (SSSR count). The smallest absolute Gasteiger partial charge is 0.294 e. The van der Waals surface area contributed by atoms with Gasteiger partial charge in [-0.3, -0.25) is 4.79 Å². The van der Waals surface area contributed by atoms with E-state index in [1.54, 1.807) is 18.0 Å². The summed E-state index contributed by atoms with van der Waals surface area (Å²) >= 11 is 3.06. The lowest BCUT2D eigenvalue weighted by Gasteiger charge is -2.03. The standard InChI is InChI=1S/C17H14N8O2S2/c1-28-11-6-4-10(5-7-11)9-19-21-17(26)13-14(12-3-2-8-29-12)25(24-20-13)16-15(18)22-27-23-16/h2-9H,1H3,(H2,18,22)(H,21,26)/b19-9-. The van der Waals surface area contributed by atoms with Gasteiger partial charge in [0.05, 0.1) is 11.1 Å². The number of thioether (sulfide) groups is 1. The SMILES string of the molecule is CSc1ccc(/C=N\NC(=O)c2nnn(-c3nonc3N)c2-c2cccs2)cc1. The molecule has 0 bridgehead atoms. The zero-order chi connectivity index (χ0) is 20.2. The van der Waals surface area contributed by atoms with Crippen LogP contribution in [0.3, 0.4) is 0 Å². The number of hydrogen-bond donors (Lipinski definition) is 2. The van der Waals surface area contributed by atoms with Crippen LogP contribution in [0, 0.1) is 0 Å². The highest BCUT2D eigenvalue weighted by Gasteiger charge is 2.25. The number of carbonyl (C=O) groups excluding carboxylic acids is 1. The van der Waals surface area contributed by atoms with E-state index in [2.05, 4.69) is 35.8 Å². The molecule has 4 aromatic rings. The Morgan fingerprint density at radius 2 is 2.14 bits per heavy atom. The van der Waals surface area contributed by atoms with Crippen molar-refractivity contribution in [1.82, 2.24) is 30.7 Å². The van der Waals surface area contributed by atoms with Gasteiger partial charge in [0, 0.05) is 4.90 Å². The van der Waals surface area contributed by atoms with E-state index in [0.717, 1.165) is 15.3 Å². The maximum absolute atomic E-state index is 12.7. The van der Waals surface area contributed by atoms with E-state index in [4.69, 9.17) is 5.73 Å². The Bertz CT molecular complexity index is 1150. The lowest BCUT2D eigenvalue weighted by atomic mass is 10.2. The van der Waals surface area contributed by atoms with E-state index in [9.17, 15) is 4.79 Å². The Balaban J connectivity index is 1.60. The number of anilines is 1. The minimum Gasteiger partial charge on any atom is -0.378 e. The van der Waals surface area contributed by atoms with Crippen LogP contribution in [0.25, 0.3) is 16.4 Å². The molecule has 0 saturated heterocycles. The zero-order valence-electron chi connectivity index (χ0n) is 15.0. The van der Waals surface area contributed by atoms with Crippen LogP contribution in [-0.2, 0) is 0 Å². The topological polar surface area (TPSA) is 137 Å². The largest absolute Gasteiger partial charge is 0.378 e. The lowest BCUT2D eigenvalue weighted by Crippen LogP contribution is -2.19. The molecule has 0 unspecified atom stereocenters. The van der Waals surface area contributed by atoms with Crippen molar-refractivity contribution in [3.8, 4) is 16.4 Å². The number of nitrogens with one attached hydrogen (secondary N) is 1. The van der Waals surface area contributed by atoms with Crippen molar-refractivity contribution < 1.29 is 9.42 Å². The molecule has 0 radical (unpaired) electrons. The quantitative estimate of drug-likeness (QED) is 0.272.